The molecule has 0 heterocycles. The van der Waals surface area contributed by atoms with Crippen molar-refractivity contribution in [2.75, 3.05) is 26.8 Å². The monoisotopic (exact) mass is 618 g/mol. The van der Waals surface area contributed by atoms with Gasteiger partial charge in [0, 0.05) is 31.0 Å². The summed E-state index contributed by atoms with van der Waals surface area (Å²) in [7, 11) is 1.48. The summed E-state index contributed by atoms with van der Waals surface area (Å²) in [5.41, 5.74) is 1.02. The maximum absolute atomic E-state index is 13.2. The first-order valence-corrected chi connectivity index (χ1v) is 13.3. The number of nitrogens with one attached hydrogen (secondary N) is 1. The van der Waals surface area contributed by atoms with E-state index < -0.39 is 18.2 Å². The SMILES string of the molecule is COc1cc(CO)cc(I)c1OC1C=C(C(=O)NCCO)CC(N(CCC(C)C)C(=O)C(C)C)C1O. The van der Waals surface area contributed by atoms with E-state index in [0.717, 1.165) is 6.42 Å². The number of carbonyl (C=O) groups is 2. The van der Waals surface area contributed by atoms with Crippen LogP contribution in [0.15, 0.2) is 23.8 Å². The van der Waals surface area contributed by atoms with Crippen molar-refractivity contribution in [2.45, 2.75) is 65.4 Å². The third kappa shape index (κ3) is 7.80. The number of hydrogen-bond acceptors (Lipinski definition) is 7. The van der Waals surface area contributed by atoms with Crippen LogP contribution in [0.1, 0.15) is 46.1 Å². The van der Waals surface area contributed by atoms with Gasteiger partial charge >= 0.3 is 0 Å². The van der Waals surface area contributed by atoms with Crippen LogP contribution in [0.25, 0.3) is 0 Å². The van der Waals surface area contributed by atoms with Crippen molar-refractivity contribution in [3.63, 3.8) is 0 Å². The first kappa shape index (κ1) is 30.3. The molecule has 1 aliphatic carbocycles. The van der Waals surface area contributed by atoms with Gasteiger partial charge in [-0.1, -0.05) is 27.7 Å². The summed E-state index contributed by atoms with van der Waals surface area (Å²) in [4.78, 5) is 27.8. The summed E-state index contributed by atoms with van der Waals surface area (Å²) in [6.07, 6.45) is 0.433. The summed E-state index contributed by atoms with van der Waals surface area (Å²) in [6, 6.07) is 2.73. The van der Waals surface area contributed by atoms with Gasteiger partial charge in [0.2, 0.25) is 11.8 Å². The van der Waals surface area contributed by atoms with Gasteiger partial charge in [-0.3, -0.25) is 9.59 Å². The number of carbonyl (C=O) groups excluding carboxylic acids is 2. The molecule has 3 atom stereocenters. The lowest BCUT2D eigenvalue weighted by atomic mass is 9.87. The van der Waals surface area contributed by atoms with Crippen LogP contribution in [-0.4, -0.2) is 77.1 Å². The standard InChI is InChI=1S/C26H39IN2O7/c1-15(2)6-8-29(26(34)16(3)4)20-12-18(25(33)28-7-9-30)13-21(23(20)32)36-24-19(27)10-17(14-31)11-22(24)35-5/h10-11,13,15-16,20-21,23,30-32H,6-9,12,14H2,1-5H3,(H,28,33). The van der Waals surface area contributed by atoms with E-state index in [1.54, 1.807) is 23.1 Å². The summed E-state index contributed by atoms with van der Waals surface area (Å²) in [5, 5.41) is 32.8. The fourth-order valence-corrected chi connectivity index (χ4v) is 4.86. The Morgan fingerprint density at radius 3 is 2.47 bits per heavy atom. The molecular formula is C26H39IN2O7. The van der Waals surface area contributed by atoms with Crippen molar-refractivity contribution in [1.82, 2.24) is 10.2 Å². The molecule has 1 aliphatic rings. The van der Waals surface area contributed by atoms with Crippen LogP contribution in [0, 0.1) is 15.4 Å². The molecule has 0 bridgehead atoms. The van der Waals surface area contributed by atoms with Gasteiger partial charge in [0.25, 0.3) is 0 Å². The summed E-state index contributed by atoms with van der Waals surface area (Å²) in [6.45, 7) is 7.93. The number of ether oxygens (including phenoxy) is 2. The number of methoxy groups -OCH3 is 1. The van der Waals surface area contributed by atoms with Crippen LogP contribution >= 0.6 is 22.6 Å². The highest BCUT2D eigenvalue weighted by molar-refractivity contribution is 14.1. The average Bonchev–Trinajstić information content (AvgIpc) is 2.84. The average molecular weight is 619 g/mol. The second kappa shape index (κ2) is 14.2. The highest BCUT2D eigenvalue weighted by Crippen LogP contribution is 2.37. The molecule has 0 fully saturated rings. The van der Waals surface area contributed by atoms with Crippen molar-refractivity contribution in [3.05, 3.63) is 32.9 Å². The molecule has 9 nitrogen and oxygen atoms in total. The number of amides is 2. The Hall–Kier alpha value is -1.89. The molecule has 1 aromatic rings. The molecule has 202 valence electrons. The number of halogens is 1. The first-order valence-electron chi connectivity index (χ1n) is 12.3. The maximum atomic E-state index is 13.2. The molecule has 3 unspecified atom stereocenters. The maximum Gasteiger partial charge on any atom is 0.247 e. The van der Waals surface area contributed by atoms with E-state index in [1.807, 2.05) is 13.8 Å². The van der Waals surface area contributed by atoms with Gasteiger partial charge < -0.3 is 35.0 Å². The number of rotatable bonds is 12. The largest absolute Gasteiger partial charge is 0.493 e. The minimum absolute atomic E-state index is 0.0885. The van der Waals surface area contributed by atoms with Gasteiger partial charge in [-0.15, -0.1) is 0 Å². The fraction of sp³-hybridized carbons (Fsp3) is 0.615. The fourth-order valence-electron chi connectivity index (χ4n) is 4.06. The van der Waals surface area contributed by atoms with Crippen molar-refractivity contribution >= 4 is 34.4 Å². The first-order chi connectivity index (χ1) is 17.0. The van der Waals surface area contributed by atoms with Crippen molar-refractivity contribution in [3.8, 4) is 11.5 Å². The van der Waals surface area contributed by atoms with E-state index in [9.17, 15) is 19.8 Å². The lowest BCUT2D eigenvalue weighted by Gasteiger charge is -2.41. The number of aliphatic hydroxyl groups excluding tert-OH is 3. The van der Waals surface area contributed by atoms with E-state index in [4.69, 9.17) is 14.6 Å². The molecule has 4 N–H and O–H groups in total. The minimum atomic E-state index is -1.10. The molecule has 0 saturated carbocycles. The Bertz CT molecular complexity index is 935. The van der Waals surface area contributed by atoms with Gasteiger partial charge in [0.1, 0.15) is 12.2 Å². The van der Waals surface area contributed by atoms with Crippen molar-refractivity contribution in [1.29, 1.82) is 0 Å². The molecule has 10 heteroatoms. The second-order valence-electron chi connectivity index (χ2n) is 9.65. The van der Waals surface area contributed by atoms with Crippen LogP contribution in [-0.2, 0) is 16.2 Å². The van der Waals surface area contributed by atoms with E-state index >= 15 is 0 Å². The van der Waals surface area contributed by atoms with Crippen molar-refractivity contribution < 1.29 is 34.4 Å². The highest BCUT2D eigenvalue weighted by atomic mass is 127. The Balaban J connectivity index is 2.51. The Kier molecular flexibility index (Phi) is 11.9. The number of aliphatic hydroxyl groups is 3. The van der Waals surface area contributed by atoms with Crippen LogP contribution < -0.4 is 14.8 Å². The molecule has 0 aromatic heterocycles. The topological polar surface area (TPSA) is 129 Å². The lowest BCUT2D eigenvalue weighted by Crippen LogP contribution is -2.56. The number of hydrogen-bond donors (Lipinski definition) is 4. The Morgan fingerprint density at radius 1 is 1.22 bits per heavy atom. The van der Waals surface area contributed by atoms with Crippen LogP contribution in [0.3, 0.4) is 0 Å². The molecule has 2 amide bonds. The normalized spacial score (nSPS) is 19.8. The quantitative estimate of drug-likeness (QED) is 0.265. The zero-order valence-electron chi connectivity index (χ0n) is 21.7. The third-order valence-corrected chi connectivity index (χ3v) is 6.87. The Labute approximate surface area is 227 Å². The molecule has 0 saturated heterocycles. The van der Waals surface area contributed by atoms with E-state index in [-0.39, 0.29) is 43.9 Å². The molecule has 0 spiro atoms. The highest BCUT2D eigenvalue weighted by Gasteiger charge is 2.41. The summed E-state index contributed by atoms with van der Waals surface area (Å²) in [5.74, 6) is 0.333. The molecule has 0 radical (unpaired) electrons. The summed E-state index contributed by atoms with van der Waals surface area (Å²) >= 11 is 2.07. The predicted octanol–water partition coefficient (Wildman–Crippen LogP) is 2.24. The van der Waals surface area contributed by atoms with Crippen molar-refractivity contribution in [2.24, 2.45) is 11.8 Å². The second-order valence-corrected chi connectivity index (χ2v) is 10.8. The lowest BCUT2D eigenvalue weighted by molar-refractivity contribution is -0.142. The van der Waals surface area contributed by atoms with Gasteiger partial charge in [-0.05, 0) is 58.7 Å². The van der Waals surface area contributed by atoms with Crippen LogP contribution in [0.5, 0.6) is 11.5 Å². The van der Waals surface area contributed by atoms with Gasteiger partial charge in [0.15, 0.2) is 11.5 Å². The number of nitrogens with zero attached hydrogens (tertiary/aromatic N) is 1. The molecule has 0 aliphatic heterocycles. The number of benzene rings is 1. The van der Waals surface area contributed by atoms with E-state index in [1.165, 1.54) is 7.11 Å². The molecule has 36 heavy (non-hydrogen) atoms. The van der Waals surface area contributed by atoms with E-state index in [0.29, 0.717) is 38.7 Å². The van der Waals surface area contributed by atoms with E-state index in [2.05, 4.69) is 41.8 Å². The third-order valence-electron chi connectivity index (χ3n) is 6.06. The smallest absolute Gasteiger partial charge is 0.247 e. The minimum Gasteiger partial charge on any atom is -0.493 e. The zero-order chi connectivity index (χ0) is 27.0. The van der Waals surface area contributed by atoms with Gasteiger partial charge in [-0.25, -0.2) is 0 Å². The van der Waals surface area contributed by atoms with Gasteiger partial charge in [0.05, 0.1) is 29.9 Å². The molecule has 2 rings (SSSR count). The summed E-state index contributed by atoms with van der Waals surface area (Å²) < 4.78 is 12.4. The Morgan fingerprint density at radius 2 is 1.92 bits per heavy atom. The van der Waals surface area contributed by atoms with Gasteiger partial charge in [-0.2, -0.15) is 0 Å². The van der Waals surface area contributed by atoms with Crippen LogP contribution in [0.2, 0.25) is 0 Å². The zero-order valence-corrected chi connectivity index (χ0v) is 23.8. The van der Waals surface area contributed by atoms with Crippen LogP contribution in [0.4, 0.5) is 0 Å². The molecular weight excluding hydrogens is 579 g/mol. The predicted molar refractivity (Wildman–Crippen MR) is 145 cm³/mol. The molecule has 1 aromatic carbocycles.